The number of aromatic nitrogens is 3. The summed E-state index contributed by atoms with van der Waals surface area (Å²) in [5.41, 5.74) is 15.5. The first-order chi connectivity index (χ1) is 28.3. The van der Waals surface area contributed by atoms with Crippen molar-refractivity contribution in [3.8, 4) is 39.3 Å². The molecule has 0 bridgehead atoms. The summed E-state index contributed by atoms with van der Waals surface area (Å²) in [4.78, 5) is 0. The van der Waals surface area contributed by atoms with Crippen molar-refractivity contribution in [1.29, 1.82) is 0 Å². The molecule has 3 nitrogen and oxygen atoms in total. The fourth-order valence-corrected chi connectivity index (χ4v) is 9.41. The van der Waals surface area contributed by atoms with Crippen LogP contribution in [-0.2, 0) is 0 Å². The Labute approximate surface area is 329 Å². The van der Waals surface area contributed by atoms with Crippen LogP contribution in [0.1, 0.15) is 0 Å². The van der Waals surface area contributed by atoms with Crippen LogP contribution >= 0.6 is 0 Å². The average molecular weight is 726 g/mol. The molecule has 0 aliphatic carbocycles. The number of nitrogens with zero attached hydrogens (tertiary/aromatic N) is 3. The Kier molecular flexibility index (Phi) is 6.93. The second-order valence-corrected chi connectivity index (χ2v) is 14.9. The molecule has 3 aromatic heterocycles. The van der Waals surface area contributed by atoms with Crippen LogP contribution in [0.25, 0.3) is 105 Å². The first-order valence-electron chi connectivity index (χ1n) is 19.6. The molecule has 0 spiro atoms. The van der Waals surface area contributed by atoms with Gasteiger partial charge in [-0.15, -0.1) is 0 Å². The summed E-state index contributed by atoms with van der Waals surface area (Å²) in [6.07, 6.45) is 0. The molecule has 0 N–H and O–H groups in total. The van der Waals surface area contributed by atoms with Gasteiger partial charge in [0, 0.05) is 54.9 Å². The van der Waals surface area contributed by atoms with Crippen LogP contribution < -0.4 is 0 Å². The van der Waals surface area contributed by atoms with Crippen LogP contribution in [0.4, 0.5) is 0 Å². The van der Waals surface area contributed by atoms with Crippen molar-refractivity contribution in [3.05, 3.63) is 212 Å². The van der Waals surface area contributed by atoms with E-state index in [4.69, 9.17) is 0 Å². The lowest BCUT2D eigenvalue weighted by Gasteiger charge is -2.14. The Hall–Kier alpha value is -7.62. The van der Waals surface area contributed by atoms with Crippen LogP contribution in [0.15, 0.2) is 212 Å². The number of para-hydroxylation sites is 6. The van der Waals surface area contributed by atoms with E-state index in [1.165, 1.54) is 87.7 Å². The lowest BCUT2D eigenvalue weighted by Crippen LogP contribution is -1.96. The zero-order valence-corrected chi connectivity index (χ0v) is 31.0. The lowest BCUT2D eigenvalue weighted by atomic mass is 9.97. The Morgan fingerprint density at radius 2 is 0.614 bits per heavy atom. The van der Waals surface area contributed by atoms with Gasteiger partial charge in [0.2, 0.25) is 0 Å². The summed E-state index contributed by atoms with van der Waals surface area (Å²) < 4.78 is 7.24. The fourth-order valence-electron chi connectivity index (χ4n) is 9.41. The summed E-state index contributed by atoms with van der Waals surface area (Å²) in [6, 6.07) is 77.3. The van der Waals surface area contributed by atoms with E-state index in [1.807, 2.05) is 0 Å². The predicted octanol–water partition coefficient (Wildman–Crippen LogP) is 14.3. The van der Waals surface area contributed by atoms with Crippen LogP contribution in [0.3, 0.4) is 0 Å². The van der Waals surface area contributed by atoms with Gasteiger partial charge in [-0.05, 0) is 83.4 Å². The van der Waals surface area contributed by atoms with E-state index in [2.05, 4.69) is 226 Å². The highest BCUT2D eigenvalue weighted by Gasteiger charge is 2.21. The SMILES string of the molecule is c1ccc(-n2c3ccccc3c3c(-c4cccc5c6ccccc6n(-c6ccc(-c7ccc(-n8c9ccccc9c9ccccc98)cc7)cc6)c45)cccc32)cc1. The minimum Gasteiger partial charge on any atom is -0.309 e. The first-order valence-corrected chi connectivity index (χ1v) is 19.6. The van der Waals surface area contributed by atoms with Crippen molar-refractivity contribution in [2.24, 2.45) is 0 Å². The molecule has 12 aromatic rings. The number of hydrogen-bond acceptors (Lipinski definition) is 0. The van der Waals surface area contributed by atoms with E-state index in [-0.39, 0.29) is 0 Å². The maximum atomic E-state index is 2.46. The minimum absolute atomic E-state index is 1.14. The molecule has 0 saturated heterocycles. The molecule has 0 aliphatic heterocycles. The summed E-state index contributed by atoms with van der Waals surface area (Å²) >= 11 is 0. The third kappa shape index (κ3) is 4.73. The Morgan fingerprint density at radius 3 is 1.23 bits per heavy atom. The van der Waals surface area contributed by atoms with Crippen molar-refractivity contribution < 1.29 is 0 Å². The number of rotatable bonds is 5. The van der Waals surface area contributed by atoms with Gasteiger partial charge in [-0.3, -0.25) is 0 Å². The van der Waals surface area contributed by atoms with Gasteiger partial charge in [0.05, 0.1) is 33.1 Å². The van der Waals surface area contributed by atoms with Gasteiger partial charge in [-0.1, -0.05) is 146 Å². The van der Waals surface area contributed by atoms with Gasteiger partial charge in [0.15, 0.2) is 0 Å². The lowest BCUT2D eigenvalue weighted by molar-refractivity contribution is 1.18. The fraction of sp³-hybridized carbons (Fsp3) is 0. The van der Waals surface area contributed by atoms with Gasteiger partial charge >= 0.3 is 0 Å². The number of hydrogen-bond donors (Lipinski definition) is 0. The molecule has 0 saturated carbocycles. The standard InChI is InChI=1S/C54H35N3/c1-2-14-38(15-3-1)56-51-26-11-7-19-47(51)53-44(20-13-27-52(53)56)46-22-12-21-45-43-18-6-10-25-50(43)57(54(45)46)40-34-30-37(31-35-40)36-28-32-39(33-29-36)55-48-23-8-4-16-41(48)42-17-5-9-24-49(42)55/h1-35H. The maximum absolute atomic E-state index is 2.46. The average Bonchev–Trinajstić information content (AvgIpc) is 3.93. The van der Waals surface area contributed by atoms with E-state index in [9.17, 15) is 0 Å². The smallest absolute Gasteiger partial charge is 0.0619 e. The quantitative estimate of drug-likeness (QED) is 0.168. The molecule has 12 rings (SSSR count). The van der Waals surface area contributed by atoms with Crippen LogP contribution in [0.2, 0.25) is 0 Å². The molecular formula is C54H35N3. The summed E-state index contributed by atoms with van der Waals surface area (Å²) in [7, 11) is 0. The number of benzene rings is 9. The first kappa shape index (κ1) is 31.7. The van der Waals surface area contributed by atoms with Crippen LogP contribution in [-0.4, -0.2) is 13.7 Å². The van der Waals surface area contributed by atoms with Crippen molar-refractivity contribution in [1.82, 2.24) is 13.7 Å². The zero-order valence-electron chi connectivity index (χ0n) is 31.0. The van der Waals surface area contributed by atoms with E-state index in [0.29, 0.717) is 0 Å². The van der Waals surface area contributed by atoms with Gasteiger partial charge in [-0.25, -0.2) is 0 Å². The maximum Gasteiger partial charge on any atom is 0.0619 e. The highest BCUT2D eigenvalue weighted by atomic mass is 15.0. The molecule has 0 unspecified atom stereocenters. The van der Waals surface area contributed by atoms with Gasteiger partial charge in [-0.2, -0.15) is 0 Å². The van der Waals surface area contributed by atoms with Crippen molar-refractivity contribution in [2.45, 2.75) is 0 Å². The minimum atomic E-state index is 1.14. The second kappa shape index (κ2) is 12.5. The zero-order chi connectivity index (χ0) is 37.5. The van der Waals surface area contributed by atoms with E-state index in [1.54, 1.807) is 0 Å². The third-order valence-corrected chi connectivity index (χ3v) is 11.9. The van der Waals surface area contributed by atoms with Gasteiger partial charge in [0.1, 0.15) is 0 Å². The predicted molar refractivity (Wildman–Crippen MR) is 240 cm³/mol. The van der Waals surface area contributed by atoms with Crippen LogP contribution in [0, 0.1) is 0 Å². The van der Waals surface area contributed by atoms with Crippen LogP contribution in [0.5, 0.6) is 0 Å². The molecule has 0 amide bonds. The topological polar surface area (TPSA) is 14.8 Å². The summed E-state index contributed by atoms with van der Waals surface area (Å²) in [6.45, 7) is 0. The molecule has 266 valence electrons. The molecule has 9 aromatic carbocycles. The Balaban J connectivity index is 1.01. The summed E-state index contributed by atoms with van der Waals surface area (Å²) in [5.74, 6) is 0. The van der Waals surface area contributed by atoms with Gasteiger partial charge < -0.3 is 13.7 Å². The molecule has 0 atom stereocenters. The largest absolute Gasteiger partial charge is 0.309 e. The normalized spacial score (nSPS) is 11.9. The van der Waals surface area contributed by atoms with Crippen molar-refractivity contribution in [3.63, 3.8) is 0 Å². The van der Waals surface area contributed by atoms with E-state index >= 15 is 0 Å². The highest BCUT2D eigenvalue weighted by Crippen LogP contribution is 2.44. The second-order valence-electron chi connectivity index (χ2n) is 14.9. The molecule has 0 radical (unpaired) electrons. The Bertz CT molecular complexity index is 3440. The molecule has 0 aliphatic rings. The summed E-state index contributed by atoms with van der Waals surface area (Å²) in [5, 5.41) is 7.56. The highest BCUT2D eigenvalue weighted by molar-refractivity contribution is 6.20. The van der Waals surface area contributed by atoms with Gasteiger partial charge in [0.25, 0.3) is 0 Å². The van der Waals surface area contributed by atoms with Crippen molar-refractivity contribution >= 4 is 65.4 Å². The van der Waals surface area contributed by atoms with E-state index in [0.717, 1.165) is 17.1 Å². The van der Waals surface area contributed by atoms with Crippen molar-refractivity contribution in [2.75, 3.05) is 0 Å². The van der Waals surface area contributed by atoms with E-state index < -0.39 is 0 Å². The molecule has 3 heterocycles. The monoisotopic (exact) mass is 725 g/mol. The Morgan fingerprint density at radius 1 is 0.228 bits per heavy atom. The number of fused-ring (bicyclic) bond motifs is 9. The molecular weight excluding hydrogens is 691 g/mol. The molecule has 0 fully saturated rings. The molecule has 57 heavy (non-hydrogen) atoms. The third-order valence-electron chi connectivity index (χ3n) is 11.9. The molecule has 3 heteroatoms.